The predicted molar refractivity (Wildman–Crippen MR) is 89.9 cm³/mol. The Bertz CT molecular complexity index is 571. The highest BCUT2D eigenvalue weighted by molar-refractivity contribution is 9.10. The van der Waals surface area contributed by atoms with Crippen LogP contribution in [0.2, 0.25) is 0 Å². The fourth-order valence-corrected chi connectivity index (χ4v) is 2.97. The summed E-state index contributed by atoms with van der Waals surface area (Å²) in [6, 6.07) is 14.5. The van der Waals surface area contributed by atoms with Crippen molar-refractivity contribution in [2.75, 3.05) is 13.3 Å². The van der Waals surface area contributed by atoms with E-state index in [0.29, 0.717) is 6.04 Å². The molecule has 1 N–H and O–H groups in total. The number of ether oxygens (including phenoxy) is 1. The van der Waals surface area contributed by atoms with E-state index in [1.54, 1.807) is 11.8 Å². The second-order valence-corrected chi connectivity index (χ2v) is 6.21. The lowest BCUT2D eigenvalue weighted by atomic mass is 10.1. The number of hydrogen-bond donors (Lipinski definition) is 1. The first-order valence-corrected chi connectivity index (χ1v) is 8.44. The summed E-state index contributed by atoms with van der Waals surface area (Å²) >= 11 is 5.33. The minimum atomic E-state index is 0.305. The fraction of sp³-hybridized carbons (Fsp3) is 0.250. The Kier molecular flexibility index (Phi) is 5.52. The van der Waals surface area contributed by atoms with Gasteiger partial charge in [0.25, 0.3) is 0 Å². The Hall–Kier alpha value is -0.970. The summed E-state index contributed by atoms with van der Waals surface area (Å²) in [5.74, 6) is 1.69. The summed E-state index contributed by atoms with van der Waals surface area (Å²) in [5.41, 5.74) is 1.22. The minimum Gasteiger partial charge on any atom is -0.457 e. The molecule has 20 heavy (non-hydrogen) atoms. The molecule has 0 fully saturated rings. The average Bonchev–Trinajstić information content (AvgIpc) is 2.47. The number of hydrogen-bond acceptors (Lipinski definition) is 3. The molecular formula is C16H18BrNOS. The Morgan fingerprint density at radius 2 is 1.75 bits per heavy atom. The third-order valence-corrected chi connectivity index (χ3v) is 4.60. The van der Waals surface area contributed by atoms with E-state index in [4.69, 9.17) is 4.74 Å². The van der Waals surface area contributed by atoms with Crippen LogP contribution in [0.5, 0.6) is 11.5 Å². The minimum absolute atomic E-state index is 0.305. The van der Waals surface area contributed by atoms with Gasteiger partial charge in [0, 0.05) is 15.4 Å². The molecule has 1 atom stereocenters. The zero-order chi connectivity index (χ0) is 14.5. The lowest BCUT2D eigenvalue weighted by Crippen LogP contribution is -2.12. The molecule has 2 nitrogen and oxygen atoms in total. The molecule has 0 spiro atoms. The van der Waals surface area contributed by atoms with Crippen molar-refractivity contribution >= 4 is 27.7 Å². The zero-order valence-electron chi connectivity index (χ0n) is 11.8. The highest BCUT2D eigenvalue weighted by Crippen LogP contribution is 2.30. The summed E-state index contributed by atoms with van der Waals surface area (Å²) in [6.45, 7) is 2.13. The molecular weight excluding hydrogens is 334 g/mol. The highest BCUT2D eigenvalue weighted by atomic mass is 79.9. The van der Waals surface area contributed by atoms with Crippen LogP contribution in [0.15, 0.2) is 51.8 Å². The lowest BCUT2D eigenvalue weighted by molar-refractivity contribution is 0.481. The average molecular weight is 352 g/mol. The standard InChI is InChI=1S/C16H18BrNOS/c1-11(18-2)15-9-6-13(10-16(15)17)19-12-4-7-14(20-3)8-5-12/h4-11,18H,1-3H3. The Balaban J connectivity index is 2.15. The van der Waals surface area contributed by atoms with Crippen molar-refractivity contribution in [2.45, 2.75) is 17.9 Å². The first-order chi connectivity index (χ1) is 9.63. The summed E-state index contributed by atoms with van der Waals surface area (Å²) < 4.78 is 6.92. The van der Waals surface area contributed by atoms with Crippen LogP contribution in [0.4, 0.5) is 0 Å². The van der Waals surface area contributed by atoms with Crippen molar-refractivity contribution in [3.8, 4) is 11.5 Å². The molecule has 0 aliphatic carbocycles. The molecule has 2 rings (SSSR count). The van der Waals surface area contributed by atoms with E-state index >= 15 is 0 Å². The summed E-state index contributed by atoms with van der Waals surface area (Å²) in [4.78, 5) is 1.23. The normalized spacial score (nSPS) is 12.2. The molecule has 106 valence electrons. The maximum atomic E-state index is 5.87. The van der Waals surface area contributed by atoms with Crippen molar-refractivity contribution < 1.29 is 4.74 Å². The molecule has 0 amide bonds. The number of rotatable bonds is 5. The Morgan fingerprint density at radius 3 is 2.30 bits per heavy atom. The fourth-order valence-electron chi connectivity index (χ4n) is 1.86. The molecule has 0 saturated heterocycles. The van der Waals surface area contributed by atoms with Gasteiger partial charge < -0.3 is 10.1 Å². The molecule has 2 aromatic carbocycles. The van der Waals surface area contributed by atoms with Crippen molar-refractivity contribution in [3.63, 3.8) is 0 Å². The smallest absolute Gasteiger partial charge is 0.128 e. The monoisotopic (exact) mass is 351 g/mol. The molecule has 0 aliphatic rings. The van der Waals surface area contributed by atoms with E-state index in [-0.39, 0.29) is 0 Å². The third-order valence-electron chi connectivity index (χ3n) is 3.17. The van der Waals surface area contributed by atoms with Crippen molar-refractivity contribution in [2.24, 2.45) is 0 Å². The van der Waals surface area contributed by atoms with Gasteiger partial charge in [-0.25, -0.2) is 0 Å². The third kappa shape index (κ3) is 3.78. The van der Waals surface area contributed by atoms with E-state index in [1.807, 2.05) is 31.3 Å². The van der Waals surface area contributed by atoms with Gasteiger partial charge in [-0.2, -0.15) is 0 Å². The molecule has 0 radical (unpaired) electrons. The van der Waals surface area contributed by atoms with E-state index in [1.165, 1.54) is 10.5 Å². The molecule has 0 saturated carbocycles. The largest absolute Gasteiger partial charge is 0.457 e. The molecule has 0 bridgehead atoms. The second kappa shape index (κ2) is 7.16. The Morgan fingerprint density at radius 1 is 1.10 bits per heavy atom. The number of benzene rings is 2. The van der Waals surface area contributed by atoms with Gasteiger partial charge in [-0.05, 0) is 62.2 Å². The van der Waals surface area contributed by atoms with Gasteiger partial charge >= 0.3 is 0 Å². The van der Waals surface area contributed by atoms with Crippen molar-refractivity contribution in [3.05, 3.63) is 52.5 Å². The van der Waals surface area contributed by atoms with Crippen LogP contribution in [-0.4, -0.2) is 13.3 Å². The predicted octanol–water partition coefficient (Wildman–Crippen LogP) is 5.24. The highest BCUT2D eigenvalue weighted by Gasteiger charge is 2.08. The van der Waals surface area contributed by atoms with Gasteiger partial charge in [0.2, 0.25) is 0 Å². The van der Waals surface area contributed by atoms with Crippen LogP contribution in [0.25, 0.3) is 0 Å². The maximum Gasteiger partial charge on any atom is 0.128 e. The van der Waals surface area contributed by atoms with Gasteiger partial charge in [0.15, 0.2) is 0 Å². The number of halogens is 1. The topological polar surface area (TPSA) is 21.3 Å². The zero-order valence-corrected chi connectivity index (χ0v) is 14.2. The molecule has 2 aromatic rings. The first-order valence-electron chi connectivity index (χ1n) is 6.42. The van der Waals surface area contributed by atoms with Crippen LogP contribution < -0.4 is 10.1 Å². The Labute approximate surface area is 133 Å². The molecule has 0 aliphatic heterocycles. The molecule has 1 unspecified atom stereocenters. The van der Waals surface area contributed by atoms with Crippen molar-refractivity contribution in [1.29, 1.82) is 0 Å². The van der Waals surface area contributed by atoms with Crippen LogP contribution in [0, 0.1) is 0 Å². The van der Waals surface area contributed by atoms with E-state index in [2.05, 4.69) is 52.6 Å². The number of thioether (sulfide) groups is 1. The van der Waals surface area contributed by atoms with Gasteiger partial charge in [-0.3, -0.25) is 0 Å². The van der Waals surface area contributed by atoms with Gasteiger partial charge in [-0.15, -0.1) is 11.8 Å². The van der Waals surface area contributed by atoms with Crippen LogP contribution in [0.1, 0.15) is 18.5 Å². The second-order valence-electron chi connectivity index (χ2n) is 4.47. The van der Waals surface area contributed by atoms with Gasteiger partial charge in [0.1, 0.15) is 11.5 Å². The van der Waals surface area contributed by atoms with E-state index < -0.39 is 0 Å². The van der Waals surface area contributed by atoms with Crippen LogP contribution >= 0.6 is 27.7 Å². The van der Waals surface area contributed by atoms with Gasteiger partial charge in [-0.1, -0.05) is 22.0 Å². The van der Waals surface area contributed by atoms with Gasteiger partial charge in [0.05, 0.1) is 0 Å². The molecule has 0 heterocycles. The quantitative estimate of drug-likeness (QED) is 0.743. The van der Waals surface area contributed by atoms with Crippen LogP contribution in [-0.2, 0) is 0 Å². The SMILES string of the molecule is CNC(C)c1ccc(Oc2ccc(SC)cc2)cc1Br. The van der Waals surface area contributed by atoms with Crippen molar-refractivity contribution in [1.82, 2.24) is 5.32 Å². The summed E-state index contributed by atoms with van der Waals surface area (Å²) in [6.07, 6.45) is 2.06. The van der Waals surface area contributed by atoms with Crippen LogP contribution in [0.3, 0.4) is 0 Å². The summed E-state index contributed by atoms with van der Waals surface area (Å²) in [7, 11) is 1.95. The maximum absolute atomic E-state index is 5.87. The lowest BCUT2D eigenvalue weighted by Gasteiger charge is -2.14. The first kappa shape index (κ1) is 15.4. The van der Waals surface area contributed by atoms with E-state index in [0.717, 1.165) is 16.0 Å². The molecule has 0 aromatic heterocycles. The molecule has 4 heteroatoms. The summed E-state index contributed by atoms with van der Waals surface area (Å²) in [5, 5.41) is 3.23. The number of nitrogens with one attached hydrogen (secondary N) is 1. The van der Waals surface area contributed by atoms with E-state index in [9.17, 15) is 0 Å².